The lowest BCUT2D eigenvalue weighted by Crippen LogP contribution is -2.21. The molecule has 1 saturated carbocycles. The fraction of sp³-hybridized carbons (Fsp3) is 0.407. The van der Waals surface area contributed by atoms with Crippen molar-refractivity contribution in [3.63, 3.8) is 0 Å². The van der Waals surface area contributed by atoms with Crippen LogP contribution in [0.5, 0.6) is 0 Å². The molecule has 1 nitrogen and oxygen atoms in total. The summed E-state index contributed by atoms with van der Waals surface area (Å²) in [6, 6.07) is 4.74. The van der Waals surface area contributed by atoms with Gasteiger partial charge in [0.2, 0.25) is 0 Å². The van der Waals surface area contributed by atoms with E-state index < -0.39 is 23.3 Å². The van der Waals surface area contributed by atoms with Crippen molar-refractivity contribution < 1.29 is 22.3 Å². The number of fused-ring (bicyclic) bond motifs is 1. The molecule has 0 bridgehead atoms. The third-order valence-electron chi connectivity index (χ3n) is 6.57. The first-order valence-electron chi connectivity index (χ1n) is 11.3. The summed E-state index contributed by atoms with van der Waals surface area (Å²) in [6.07, 6.45) is 12.6. The smallest absolute Gasteiger partial charge is 0.159 e. The zero-order valence-electron chi connectivity index (χ0n) is 18.3. The third-order valence-corrected chi connectivity index (χ3v) is 6.57. The summed E-state index contributed by atoms with van der Waals surface area (Å²) in [5, 5.41) is 0. The van der Waals surface area contributed by atoms with E-state index in [9.17, 15) is 17.6 Å². The first kappa shape index (κ1) is 22.8. The summed E-state index contributed by atoms with van der Waals surface area (Å²) < 4.78 is 62.5. The molecule has 0 spiro atoms. The van der Waals surface area contributed by atoms with Gasteiger partial charge >= 0.3 is 0 Å². The molecule has 0 unspecified atom stereocenters. The largest absolute Gasteiger partial charge is 0.374 e. The lowest BCUT2D eigenvalue weighted by atomic mass is 9.84. The van der Waals surface area contributed by atoms with E-state index >= 15 is 0 Å². The molecular weight excluding hydrogens is 416 g/mol. The minimum Gasteiger partial charge on any atom is -0.374 e. The molecule has 4 rings (SSSR count). The van der Waals surface area contributed by atoms with Crippen LogP contribution in [0.25, 0.3) is 11.6 Å². The average Bonchev–Trinajstić information content (AvgIpc) is 3.15. The maximum atomic E-state index is 14.8. The van der Waals surface area contributed by atoms with Crippen LogP contribution in [0.15, 0.2) is 36.4 Å². The second kappa shape index (κ2) is 10.0. The lowest BCUT2D eigenvalue weighted by Gasteiger charge is -2.28. The van der Waals surface area contributed by atoms with Gasteiger partial charge in [-0.15, -0.1) is 0 Å². The summed E-state index contributed by atoms with van der Waals surface area (Å²) in [5.41, 5.74) is 1.65. The second-order valence-electron chi connectivity index (χ2n) is 8.85. The van der Waals surface area contributed by atoms with Crippen LogP contribution in [0.2, 0.25) is 0 Å². The van der Waals surface area contributed by atoms with E-state index in [2.05, 4.69) is 12.2 Å². The fourth-order valence-corrected chi connectivity index (χ4v) is 4.81. The standard InChI is InChI=1S/C27H28F4O/c1-2-3-4-5-17-6-8-22(9-7-17)32-16-18-10-25(30)27(26(31)11-18)21-12-19-14-23(28)24(29)15-20(19)13-21/h2-3,10-12,14-15,17,22H,4-9,13,16H2,1H3/b3-2+. The normalized spacial score (nSPS) is 20.6. The topological polar surface area (TPSA) is 9.23 Å². The van der Waals surface area contributed by atoms with E-state index in [4.69, 9.17) is 4.74 Å². The van der Waals surface area contributed by atoms with E-state index in [1.807, 2.05) is 6.92 Å². The van der Waals surface area contributed by atoms with E-state index in [0.717, 1.165) is 50.2 Å². The van der Waals surface area contributed by atoms with Gasteiger partial charge in [0, 0.05) is 5.56 Å². The zero-order valence-corrected chi connectivity index (χ0v) is 18.3. The predicted octanol–water partition coefficient (Wildman–Crippen LogP) is 7.77. The monoisotopic (exact) mass is 444 g/mol. The summed E-state index contributed by atoms with van der Waals surface area (Å²) in [6.45, 7) is 2.20. The molecule has 32 heavy (non-hydrogen) atoms. The Labute approximate surface area is 186 Å². The Bertz CT molecular complexity index is 1010. The molecule has 2 aliphatic rings. The predicted molar refractivity (Wildman–Crippen MR) is 119 cm³/mol. The Kier molecular flexibility index (Phi) is 7.14. The summed E-state index contributed by atoms with van der Waals surface area (Å²) in [4.78, 5) is 0. The number of rotatable bonds is 7. The molecule has 0 N–H and O–H groups in total. The molecular formula is C27H28F4O. The number of benzene rings is 2. The highest BCUT2D eigenvalue weighted by molar-refractivity contribution is 5.89. The van der Waals surface area contributed by atoms with Crippen molar-refractivity contribution in [2.24, 2.45) is 5.92 Å². The van der Waals surface area contributed by atoms with E-state index in [-0.39, 0.29) is 24.7 Å². The highest BCUT2D eigenvalue weighted by Crippen LogP contribution is 2.36. The van der Waals surface area contributed by atoms with Gasteiger partial charge in [0.1, 0.15) is 11.6 Å². The van der Waals surface area contributed by atoms with Gasteiger partial charge < -0.3 is 4.74 Å². The van der Waals surface area contributed by atoms with Crippen LogP contribution in [-0.4, -0.2) is 6.10 Å². The zero-order chi connectivity index (χ0) is 22.7. The van der Waals surface area contributed by atoms with Crippen LogP contribution in [0.1, 0.15) is 67.7 Å². The third kappa shape index (κ3) is 5.15. The molecule has 0 saturated heterocycles. The van der Waals surface area contributed by atoms with Crippen molar-refractivity contribution in [2.45, 2.75) is 64.6 Å². The lowest BCUT2D eigenvalue weighted by molar-refractivity contribution is 0.00627. The molecule has 170 valence electrons. The number of halogens is 4. The molecule has 0 aromatic heterocycles. The Morgan fingerprint density at radius 1 is 0.906 bits per heavy atom. The summed E-state index contributed by atoms with van der Waals surface area (Å²) in [5.74, 6) is -2.57. The van der Waals surface area contributed by atoms with Crippen molar-refractivity contribution in [1.82, 2.24) is 0 Å². The molecule has 1 fully saturated rings. The van der Waals surface area contributed by atoms with Crippen molar-refractivity contribution in [3.05, 3.63) is 81.9 Å². The Hall–Kier alpha value is -2.40. The minimum absolute atomic E-state index is 0.121. The fourth-order valence-electron chi connectivity index (χ4n) is 4.81. The van der Waals surface area contributed by atoms with Crippen LogP contribution in [0, 0.1) is 29.2 Å². The second-order valence-corrected chi connectivity index (χ2v) is 8.85. The molecule has 0 heterocycles. The minimum atomic E-state index is -0.971. The highest BCUT2D eigenvalue weighted by atomic mass is 19.2. The van der Waals surface area contributed by atoms with Gasteiger partial charge in [0.25, 0.3) is 0 Å². The highest BCUT2D eigenvalue weighted by Gasteiger charge is 2.24. The van der Waals surface area contributed by atoms with Crippen LogP contribution in [0.4, 0.5) is 17.6 Å². The van der Waals surface area contributed by atoms with Crippen molar-refractivity contribution in [2.75, 3.05) is 0 Å². The van der Waals surface area contributed by atoms with Crippen LogP contribution in [-0.2, 0) is 17.8 Å². The molecule has 5 heteroatoms. The van der Waals surface area contributed by atoms with Crippen molar-refractivity contribution in [3.8, 4) is 0 Å². The maximum absolute atomic E-state index is 14.8. The number of hydrogen-bond donors (Lipinski definition) is 0. The van der Waals surface area contributed by atoms with E-state index in [1.54, 1.807) is 0 Å². The molecule has 0 atom stereocenters. The molecule has 2 aromatic rings. The molecule has 0 radical (unpaired) electrons. The Balaban J connectivity index is 1.36. The van der Waals surface area contributed by atoms with Crippen molar-refractivity contribution in [1.29, 1.82) is 0 Å². The molecule has 2 aromatic carbocycles. The Morgan fingerprint density at radius 3 is 2.28 bits per heavy atom. The average molecular weight is 445 g/mol. The van der Waals surface area contributed by atoms with Crippen LogP contribution >= 0.6 is 0 Å². The maximum Gasteiger partial charge on any atom is 0.159 e. The van der Waals surface area contributed by atoms with Gasteiger partial charge in [0.05, 0.1) is 12.7 Å². The van der Waals surface area contributed by atoms with Gasteiger partial charge in [0.15, 0.2) is 11.6 Å². The van der Waals surface area contributed by atoms with Crippen LogP contribution in [0.3, 0.4) is 0 Å². The van der Waals surface area contributed by atoms with Gasteiger partial charge in [-0.2, -0.15) is 0 Å². The number of ether oxygens (including phenoxy) is 1. The summed E-state index contributed by atoms with van der Waals surface area (Å²) in [7, 11) is 0. The first-order chi connectivity index (χ1) is 15.4. The SMILES string of the molecule is C/C=C/CCC1CCC(OCc2cc(F)c(C3=Cc4cc(F)c(F)cc4C3)c(F)c2)CC1. The summed E-state index contributed by atoms with van der Waals surface area (Å²) >= 11 is 0. The number of allylic oxidation sites excluding steroid dienone is 3. The van der Waals surface area contributed by atoms with Gasteiger partial charge in [-0.3, -0.25) is 0 Å². The first-order valence-corrected chi connectivity index (χ1v) is 11.3. The van der Waals surface area contributed by atoms with Crippen molar-refractivity contribution >= 4 is 11.6 Å². The van der Waals surface area contributed by atoms with E-state index in [1.165, 1.54) is 24.6 Å². The Morgan fingerprint density at radius 2 is 1.59 bits per heavy atom. The van der Waals surface area contributed by atoms with Gasteiger partial charge in [-0.05, 0) is 104 Å². The van der Waals surface area contributed by atoms with E-state index in [0.29, 0.717) is 22.3 Å². The molecule has 2 aliphatic carbocycles. The molecule has 0 aliphatic heterocycles. The molecule has 0 amide bonds. The van der Waals surface area contributed by atoms with Gasteiger partial charge in [-0.1, -0.05) is 18.2 Å². The van der Waals surface area contributed by atoms with Gasteiger partial charge in [-0.25, -0.2) is 17.6 Å². The quantitative estimate of drug-likeness (QED) is 0.313. The van der Waals surface area contributed by atoms with Crippen LogP contribution < -0.4 is 0 Å². The number of hydrogen-bond acceptors (Lipinski definition) is 1.